The number of hydrogen-bond donors (Lipinski definition) is 1. The van der Waals surface area contributed by atoms with Gasteiger partial charge in [0.25, 0.3) is 0 Å². The van der Waals surface area contributed by atoms with Gasteiger partial charge in [0, 0.05) is 19.0 Å². The van der Waals surface area contributed by atoms with Gasteiger partial charge in [0.2, 0.25) is 5.91 Å². The fourth-order valence-electron chi connectivity index (χ4n) is 3.46. The van der Waals surface area contributed by atoms with Crippen molar-refractivity contribution in [3.05, 3.63) is 35.9 Å². The van der Waals surface area contributed by atoms with Crippen LogP contribution in [-0.4, -0.2) is 29.9 Å². The van der Waals surface area contributed by atoms with Gasteiger partial charge in [0.05, 0.1) is 0 Å². The summed E-state index contributed by atoms with van der Waals surface area (Å²) in [6.45, 7) is 9.51. The third-order valence-electron chi connectivity index (χ3n) is 5.32. The van der Waals surface area contributed by atoms with Gasteiger partial charge in [0.15, 0.2) is 0 Å². The van der Waals surface area contributed by atoms with Crippen LogP contribution >= 0.6 is 0 Å². The summed E-state index contributed by atoms with van der Waals surface area (Å²) < 4.78 is 0. The largest absolute Gasteiger partial charge is 0.336 e. The minimum absolute atomic E-state index is 0.294. The summed E-state index contributed by atoms with van der Waals surface area (Å²) in [5.74, 6) is 1.48. The Hall–Kier alpha value is -1.35. The molecule has 1 aromatic carbocycles. The Bertz CT molecular complexity index is 468. The van der Waals surface area contributed by atoms with Crippen LogP contribution in [0.1, 0.15) is 52.0 Å². The van der Waals surface area contributed by atoms with E-state index in [1.807, 2.05) is 18.2 Å². The van der Waals surface area contributed by atoms with Crippen molar-refractivity contribution < 1.29 is 4.79 Å². The molecular formula is C20H32N2O. The topological polar surface area (TPSA) is 32.3 Å². The molecule has 23 heavy (non-hydrogen) atoms. The van der Waals surface area contributed by atoms with Crippen molar-refractivity contribution in [3.63, 3.8) is 0 Å². The number of carbonyl (C=O) groups is 1. The molecule has 1 saturated heterocycles. The molecular weight excluding hydrogens is 284 g/mol. The van der Waals surface area contributed by atoms with Gasteiger partial charge in [-0.05, 0) is 56.7 Å². The number of hydrogen-bond acceptors (Lipinski definition) is 2. The lowest BCUT2D eigenvalue weighted by atomic mass is 9.84. The molecule has 1 aliphatic rings. The van der Waals surface area contributed by atoms with E-state index in [9.17, 15) is 4.79 Å². The van der Waals surface area contributed by atoms with Crippen molar-refractivity contribution in [1.29, 1.82) is 0 Å². The Labute approximate surface area is 141 Å². The Kier molecular flexibility index (Phi) is 7.10. The van der Waals surface area contributed by atoms with E-state index < -0.39 is 0 Å². The highest BCUT2D eigenvalue weighted by Crippen LogP contribution is 2.26. The molecule has 1 fully saturated rings. The van der Waals surface area contributed by atoms with Gasteiger partial charge >= 0.3 is 0 Å². The van der Waals surface area contributed by atoms with Gasteiger partial charge in [-0.25, -0.2) is 0 Å². The molecule has 1 aliphatic heterocycles. The molecule has 0 aliphatic carbocycles. The van der Waals surface area contributed by atoms with Gasteiger partial charge in [-0.15, -0.1) is 0 Å². The zero-order valence-corrected chi connectivity index (χ0v) is 14.9. The van der Waals surface area contributed by atoms with Crippen LogP contribution in [0.3, 0.4) is 0 Å². The molecule has 2 unspecified atom stereocenters. The summed E-state index contributed by atoms with van der Waals surface area (Å²) >= 11 is 0. The summed E-state index contributed by atoms with van der Waals surface area (Å²) in [5, 5.41) is 3.41. The number of nitrogens with zero attached hydrogens (tertiary/aromatic N) is 1. The second kappa shape index (κ2) is 9.07. The first-order valence-corrected chi connectivity index (χ1v) is 9.16. The van der Waals surface area contributed by atoms with E-state index >= 15 is 0 Å². The van der Waals surface area contributed by atoms with E-state index in [0.29, 0.717) is 30.2 Å². The van der Waals surface area contributed by atoms with Gasteiger partial charge in [-0.1, -0.05) is 44.2 Å². The maximum absolute atomic E-state index is 12.9. The van der Waals surface area contributed by atoms with E-state index in [2.05, 4.69) is 43.1 Å². The van der Waals surface area contributed by atoms with Crippen LogP contribution in [0.5, 0.6) is 0 Å². The van der Waals surface area contributed by atoms with Crippen LogP contribution in [0.15, 0.2) is 30.3 Å². The normalized spacial score (nSPS) is 18.4. The lowest BCUT2D eigenvalue weighted by Gasteiger charge is -2.33. The van der Waals surface area contributed by atoms with Crippen molar-refractivity contribution in [2.45, 2.75) is 59.0 Å². The van der Waals surface area contributed by atoms with Crippen LogP contribution in [0.2, 0.25) is 0 Å². The maximum Gasteiger partial charge on any atom is 0.223 e. The smallest absolute Gasteiger partial charge is 0.223 e. The first-order valence-electron chi connectivity index (χ1n) is 9.16. The Morgan fingerprint density at radius 3 is 2.48 bits per heavy atom. The number of carbonyl (C=O) groups excluding carboxylic acids is 1. The van der Waals surface area contributed by atoms with Crippen LogP contribution in [0, 0.1) is 11.8 Å². The highest BCUT2D eigenvalue weighted by atomic mass is 16.2. The molecule has 0 bridgehead atoms. The van der Waals surface area contributed by atoms with Crippen molar-refractivity contribution in [3.8, 4) is 0 Å². The molecule has 2 atom stereocenters. The number of amides is 1. The monoisotopic (exact) mass is 316 g/mol. The number of benzene rings is 1. The number of nitrogens with one attached hydrogen (secondary N) is 1. The molecule has 128 valence electrons. The third kappa shape index (κ3) is 5.35. The fourth-order valence-corrected chi connectivity index (χ4v) is 3.46. The van der Waals surface area contributed by atoms with Crippen molar-refractivity contribution in [2.24, 2.45) is 11.8 Å². The van der Waals surface area contributed by atoms with E-state index in [1.54, 1.807) is 0 Å². The van der Waals surface area contributed by atoms with Crippen molar-refractivity contribution >= 4 is 5.91 Å². The zero-order chi connectivity index (χ0) is 16.7. The maximum atomic E-state index is 12.9. The summed E-state index contributed by atoms with van der Waals surface area (Å²) in [5.41, 5.74) is 1.22. The number of rotatable bonds is 7. The van der Waals surface area contributed by atoms with Crippen LogP contribution in [-0.2, 0) is 11.3 Å². The predicted octanol–water partition coefficient (Wildman–Crippen LogP) is 3.84. The first-order chi connectivity index (χ1) is 11.1. The minimum Gasteiger partial charge on any atom is -0.336 e. The Morgan fingerprint density at radius 2 is 1.87 bits per heavy atom. The molecule has 1 heterocycles. The summed E-state index contributed by atoms with van der Waals surface area (Å²) in [4.78, 5) is 15.0. The van der Waals surface area contributed by atoms with Gasteiger partial charge in [-0.3, -0.25) is 4.79 Å². The average molecular weight is 316 g/mol. The van der Waals surface area contributed by atoms with Crippen molar-refractivity contribution in [1.82, 2.24) is 10.2 Å². The molecule has 0 aromatic heterocycles. The molecule has 3 heteroatoms. The summed E-state index contributed by atoms with van der Waals surface area (Å²) in [6.07, 6.45) is 4.09. The van der Waals surface area contributed by atoms with Gasteiger partial charge < -0.3 is 10.2 Å². The van der Waals surface area contributed by atoms with E-state index in [-0.39, 0.29) is 0 Å². The standard InChI is InChI=1S/C20H32N2O/c1-4-17(3)22(15-18-8-6-5-7-9-18)20(23)14-16(2)19-10-12-21-13-11-19/h5-9,16-17,19,21H,4,10-15H2,1-3H3. The second-order valence-electron chi connectivity index (χ2n) is 7.03. The molecule has 1 N–H and O–H groups in total. The molecule has 3 nitrogen and oxygen atoms in total. The quantitative estimate of drug-likeness (QED) is 0.829. The van der Waals surface area contributed by atoms with Gasteiger partial charge in [0.1, 0.15) is 0 Å². The minimum atomic E-state index is 0.294. The molecule has 0 saturated carbocycles. The summed E-state index contributed by atoms with van der Waals surface area (Å²) in [6, 6.07) is 10.6. The Balaban J connectivity index is 1.98. The van der Waals surface area contributed by atoms with Crippen molar-refractivity contribution in [2.75, 3.05) is 13.1 Å². The van der Waals surface area contributed by atoms with Crippen LogP contribution in [0.25, 0.3) is 0 Å². The third-order valence-corrected chi connectivity index (χ3v) is 5.32. The highest BCUT2D eigenvalue weighted by molar-refractivity contribution is 5.76. The SMILES string of the molecule is CCC(C)N(Cc1ccccc1)C(=O)CC(C)C1CCNCC1. The van der Waals surface area contributed by atoms with E-state index in [4.69, 9.17) is 0 Å². The average Bonchev–Trinajstić information content (AvgIpc) is 2.60. The Morgan fingerprint density at radius 1 is 1.22 bits per heavy atom. The van der Waals surface area contributed by atoms with E-state index in [1.165, 1.54) is 18.4 Å². The fraction of sp³-hybridized carbons (Fsp3) is 0.650. The van der Waals surface area contributed by atoms with E-state index in [0.717, 1.165) is 26.1 Å². The molecule has 1 aromatic rings. The van der Waals surface area contributed by atoms with Crippen LogP contribution in [0.4, 0.5) is 0 Å². The predicted molar refractivity (Wildman–Crippen MR) is 96.1 cm³/mol. The van der Waals surface area contributed by atoms with Gasteiger partial charge in [-0.2, -0.15) is 0 Å². The number of piperidine rings is 1. The lowest BCUT2D eigenvalue weighted by Crippen LogP contribution is -2.40. The zero-order valence-electron chi connectivity index (χ0n) is 14.9. The molecule has 0 radical (unpaired) electrons. The molecule has 0 spiro atoms. The lowest BCUT2D eigenvalue weighted by molar-refractivity contribution is -0.135. The van der Waals surface area contributed by atoms with Crippen LogP contribution < -0.4 is 5.32 Å². The second-order valence-corrected chi connectivity index (χ2v) is 7.03. The first kappa shape index (κ1) is 18.0. The molecule has 2 rings (SSSR count). The summed E-state index contributed by atoms with van der Waals surface area (Å²) in [7, 11) is 0. The highest BCUT2D eigenvalue weighted by Gasteiger charge is 2.26. The molecule has 1 amide bonds.